The summed E-state index contributed by atoms with van der Waals surface area (Å²) in [5, 5.41) is 4.74. The van der Waals surface area contributed by atoms with Crippen LogP contribution in [0.2, 0.25) is 0 Å². The van der Waals surface area contributed by atoms with Crippen molar-refractivity contribution in [2.24, 2.45) is 0 Å². The van der Waals surface area contributed by atoms with Crippen LogP contribution in [0, 0.1) is 0 Å². The van der Waals surface area contributed by atoms with Crippen molar-refractivity contribution in [3.05, 3.63) is 64.9 Å². The number of hydrogen-bond acceptors (Lipinski definition) is 6. The van der Waals surface area contributed by atoms with E-state index in [0.29, 0.717) is 0 Å². The lowest BCUT2D eigenvalue weighted by Crippen LogP contribution is -2.53. The van der Waals surface area contributed by atoms with Gasteiger partial charge in [0.25, 0.3) is 11.8 Å². The van der Waals surface area contributed by atoms with E-state index in [2.05, 4.69) is 35.5 Å². The van der Waals surface area contributed by atoms with Gasteiger partial charge in [-0.15, -0.1) is 40.6 Å². The van der Waals surface area contributed by atoms with Crippen LogP contribution < -0.4 is 5.32 Å². The molecule has 4 nitrogen and oxygen atoms in total. The summed E-state index contributed by atoms with van der Waals surface area (Å²) in [6.45, 7) is 3.88. The molecular weight excluding hydrogens is 429 g/mol. The molecule has 1 aliphatic heterocycles. The summed E-state index contributed by atoms with van der Waals surface area (Å²) in [6.07, 6.45) is 3.20. The van der Waals surface area contributed by atoms with Crippen LogP contribution >= 0.6 is 46.2 Å². The number of rotatable bonds is 5. The van der Waals surface area contributed by atoms with Crippen LogP contribution in [0.1, 0.15) is 4.88 Å². The van der Waals surface area contributed by atoms with Crippen molar-refractivity contribution in [3.63, 3.8) is 0 Å². The first kappa shape index (κ1) is 18.9. The summed E-state index contributed by atoms with van der Waals surface area (Å²) >= 11 is 10.1. The SMILES string of the molecule is C=CCN1C(=O)/C(=C/c2ccc(-c3ccc(-c4cccs4)s3)s2)C(=O)NC1=S. The quantitative estimate of drug-likeness (QED) is 0.261. The van der Waals surface area contributed by atoms with E-state index in [4.69, 9.17) is 12.2 Å². The molecule has 0 radical (unpaired) electrons. The van der Waals surface area contributed by atoms with E-state index >= 15 is 0 Å². The average molecular weight is 443 g/mol. The molecule has 1 aliphatic rings. The number of thiophene rings is 3. The Morgan fingerprint density at radius 2 is 1.75 bits per heavy atom. The monoisotopic (exact) mass is 442 g/mol. The van der Waals surface area contributed by atoms with Crippen LogP contribution in [-0.4, -0.2) is 28.4 Å². The first-order valence-corrected chi connectivity index (χ1v) is 11.2. The molecule has 3 aromatic rings. The zero-order valence-corrected chi connectivity index (χ0v) is 17.8. The lowest BCUT2D eigenvalue weighted by molar-refractivity contribution is -0.128. The molecule has 1 N–H and O–H groups in total. The van der Waals surface area contributed by atoms with E-state index in [1.54, 1.807) is 46.2 Å². The highest BCUT2D eigenvalue weighted by Crippen LogP contribution is 2.39. The van der Waals surface area contributed by atoms with E-state index in [-0.39, 0.29) is 17.2 Å². The average Bonchev–Trinajstić information content (AvgIpc) is 3.42. The third-order valence-electron chi connectivity index (χ3n) is 4.02. The summed E-state index contributed by atoms with van der Waals surface area (Å²) in [6, 6.07) is 12.3. The van der Waals surface area contributed by atoms with Crippen LogP contribution in [0.25, 0.3) is 25.6 Å². The molecule has 4 heterocycles. The zero-order chi connectivity index (χ0) is 19.7. The largest absolute Gasteiger partial charge is 0.298 e. The summed E-state index contributed by atoms with van der Waals surface area (Å²) in [5.41, 5.74) is 0.0781. The Morgan fingerprint density at radius 1 is 1.04 bits per heavy atom. The maximum atomic E-state index is 12.6. The number of hydrogen-bond donors (Lipinski definition) is 1. The summed E-state index contributed by atoms with van der Waals surface area (Å²) < 4.78 is 0. The Bertz CT molecular complexity index is 1110. The fourth-order valence-corrected chi connectivity index (χ4v) is 5.85. The van der Waals surface area contributed by atoms with Gasteiger partial charge in [-0.05, 0) is 54.0 Å². The molecule has 3 aromatic heterocycles. The van der Waals surface area contributed by atoms with Crippen molar-refractivity contribution in [1.29, 1.82) is 0 Å². The van der Waals surface area contributed by atoms with Gasteiger partial charge in [0.1, 0.15) is 5.57 Å². The fraction of sp³-hybridized carbons (Fsp3) is 0.0500. The Hall–Kier alpha value is -2.39. The lowest BCUT2D eigenvalue weighted by Gasteiger charge is -2.27. The minimum atomic E-state index is -0.471. The minimum absolute atomic E-state index is 0.0781. The summed E-state index contributed by atoms with van der Waals surface area (Å²) in [7, 11) is 0. The van der Waals surface area contributed by atoms with Crippen LogP contribution in [0.15, 0.2) is 60.0 Å². The summed E-state index contributed by atoms with van der Waals surface area (Å²) in [4.78, 5) is 31.8. The molecule has 0 aromatic carbocycles. The number of carbonyl (C=O) groups is 2. The second kappa shape index (κ2) is 7.92. The Balaban J connectivity index is 1.60. The van der Waals surface area contributed by atoms with Gasteiger partial charge in [0, 0.05) is 30.9 Å². The Kier molecular flexibility index (Phi) is 5.36. The smallest absolute Gasteiger partial charge is 0.265 e. The zero-order valence-electron chi connectivity index (χ0n) is 14.5. The number of nitrogens with one attached hydrogen (secondary N) is 1. The third-order valence-corrected chi connectivity index (χ3v) is 7.73. The maximum Gasteiger partial charge on any atom is 0.265 e. The minimum Gasteiger partial charge on any atom is -0.298 e. The van der Waals surface area contributed by atoms with Crippen molar-refractivity contribution in [2.45, 2.75) is 0 Å². The second-order valence-corrected chi connectivity index (χ2v) is 9.40. The highest BCUT2D eigenvalue weighted by molar-refractivity contribution is 7.80. The fourth-order valence-electron chi connectivity index (χ4n) is 2.72. The molecule has 1 saturated heterocycles. The molecule has 4 rings (SSSR count). The predicted octanol–water partition coefficient (Wildman–Crippen LogP) is 5.02. The molecule has 8 heteroatoms. The Morgan fingerprint density at radius 3 is 2.46 bits per heavy atom. The van der Waals surface area contributed by atoms with Crippen LogP contribution in [-0.2, 0) is 9.59 Å². The topological polar surface area (TPSA) is 49.4 Å². The molecule has 0 atom stereocenters. The van der Waals surface area contributed by atoms with Crippen LogP contribution in [0.5, 0.6) is 0 Å². The number of thiocarbonyl (C=S) groups is 1. The molecular formula is C20H14N2O2S4. The number of carbonyl (C=O) groups excluding carboxylic acids is 2. The van der Waals surface area contributed by atoms with Gasteiger partial charge in [-0.1, -0.05) is 12.1 Å². The number of nitrogens with zero attached hydrogens (tertiary/aromatic N) is 1. The van der Waals surface area contributed by atoms with Crippen LogP contribution in [0.3, 0.4) is 0 Å². The van der Waals surface area contributed by atoms with Crippen molar-refractivity contribution in [1.82, 2.24) is 10.2 Å². The van der Waals surface area contributed by atoms with Gasteiger partial charge in [0.05, 0.1) is 0 Å². The molecule has 0 spiro atoms. The third kappa shape index (κ3) is 3.64. The molecule has 0 aliphatic carbocycles. The van der Waals surface area contributed by atoms with Crippen molar-refractivity contribution in [2.75, 3.05) is 6.54 Å². The van der Waals surface area contributed by atoms with E-state index < -0.39 is 11.8 Å². The second-order valence-electron chi connectivity index (χ2n) is 5.86. The van der Waals surface area contributed by atoms with Crippen molar-refractivity contribution in [3.8, 4) is 19.5 Å². The standard InChI is InChI=1S/C20H14N2O2S4/c1-2-9-22-19(24)13(18(23)21-20(22)25)11-12-5-6-16(27-12)17-8-7-15(28-17)14-4-3-10-26-14/h2-8,10-11H,1,9H2,(H,21,23,25)/b13-11+. The van der Waals surface area contributed by atoms with E-state index in [1.807, 2.05) is 18.2 Å². The molecule has 2 amide bonds. The van der Waals surface area contributed by atoms with E-state index in [9.17, 15) is 9.59 Å². The first-order valence-electron chi connectivity index (χ1n) is 8.30. The lowest BCUT2D eigenvalue weighted by atomic mass is 10.1. The van der Waals surface area contributed by atoms with Gasteiger partial charge in [0.15, 0.2) is 5.11 Å². The predicted molar refractivity (Wildman–Crippen MR) is 122 cm³/mol. The highest BCUT2D eigenvalue weighted by Gasteiger charge is 2.32. The van der Waals surface area contributed by atoms with Crippen molar-refractivity contribution < 1.29 is 9.59 Å². The number of amides is 2. The normalized spacial score (nSPS) is 15.9. The molecule has 0 unspecified atom stereocenters. The van der Waals surface area contributed by atoms with Crippen LogP contribution in [0.4, 0.5) is 0 Å². The maximum absolute atomic E-state index is 12.6. The van der Waals surface area contributed by atoms with E-state index in [1.165, 1.54) is 14.7 Å². The molecule has 1 fully saturated rings. The molecule has 0 bridgehead atoms. The molecule has 0 saturated carbocycles. The van der Waals surface area contributed by atoms with Gasteiger partial charge in [-0.25, -0.2) is 0 Å². The highest BCUT2D eigenvalue weighted by atomic mass is 32.1. The molecule has 140 valence electrons. The summed E-state index contributed by atoms with van der Waals surface area (Å²) in [5.74, 6) is -0.874. The first-order chi connectivity index (χ1) is 13.6. The van der Waals surface area contributed by atoms with Gasteiger partial charge in [0.2, 0.25) is 0 Å². The van der Waals surface area contributed by atoms with Gasteiger partial charge in [-0.3, -0.25) is 19.8 Å². The van der Waals surface area contributed by atoms with Crippen molar-refractivity contribution >= 4 is 69.2 Å². The van der Waals surface area contributed by atoms with Gasteiger partial charge < -0.3 is 0 Å². The van der Waals surface area contributed by atoms with Gasteiger partial charge >= 0.3 is 0 Å². The van der Waals surface area contributed by atoms with E-state index in [0.717, 1.165) is 14.6 Å². The molecule has 28 heavy (non-hydrogen) atoms. The van der Waals surface area contributed by atoms with Gasteiger partial charge in [-0.2, -0.15) is 0 Å². The Labute approximate surface area is 179 Å².